The summed E-state index contributed by atoms with van der Waals surface area (Å²) in [5.74, 6) is -2.53. The van der Waals surface area contributed by atoms with Crippen LogP contribution in [-0.4, -0.2) is 22.6 Å². The summed E-state index contributed by atoms with van der Waals surface area (Å²) in [6.45, 7) is 6.58. The Balaban J connectivity index is 4.32. The molecule has 0 amide bonds. The van der Waals surface area contributed by atoms with Gasteiger partial charge in [-0.3, -0.25) is 14.4 Å². The summed E-state index contributed by atoms with van der Waals surface area (Å²) >= 11 is 0. The van der Waals surface area contributed by atoms with Gasteiger partial charge in [0, 0.05) is 6.42 Å². The number of hydrogen-bond acceptors (Lipinski definition) is 3. The fraction of sp³-hybridized carbons (Fsp3) is 0.364. The molecule has 0 spiro atoms. The molecular weight excluding hydrogens is 196 g/mol. The number of aliphatic carboxylic acids is 1. The Labute approximate surface area is 88.3 Å². The SMILES string of the molecule is C=CC(=O)C(CCCC(=O)O)C(=O)C=C. The van der Waals surface area contributed by atoms with Crippen molar-refractivity contribution in [2.75, 3.05) is 0 Å². The van der Waals surface area contributed by atoms with Gasteiger partial charge in [-0.25, -0.2) is 0 Å². The number of hydrogen-bond donors (Lipinski definition) is 1. The largest absolute Gasteiger partial charge is 0.481 e. The number of carboxylic acids is 1. The third kappa shape index (κ3) is 4.90. The van der Waals surface area contributed by atoms with Crippen molar-refractivity contribution in [1.82, 2.24) is 0 Å². The van der Waals surface area contributed by atoms with Crippen LogP contribution in [0.15, 0.2) is 25.3 Å². The maximum Gasteiger partial charge on any atom is 0.303 e. The monoisotopic (exact) mass is 210 g/mol. The van der Waals surface area contributed by atoms with Crippen molar-refractivity contribution in [2.45, 2.75) is 19.3 Å². The Bertz CT molecular complexity index is 271. The molecule has 82 valence electrons. The van der Waals surface area contributed by atoms with E-state index in [-0.39, 0.29) is 24.4 Å². The predicted octanol–water partition coefficient (Wildman–Crippen LogP) is 1.37. The summed E-state index contributed by atoms with van der Waals surface area (Å²) in [7, 11) is 0. The summed E-state index contributed by atoms with van der Waals surface area (Å²) in [5.41, 5.74) is 0. The van der Waals surface area contributed by atoms with Crippen molar-refractivity contribution < 1.29 is 19.5 Å². The van der Waals surface area contributed by atoms with Crippen LogP contribution < -0.4 is 0 Å². The maximum atomic E-state index is 11.3. The molecule has 0 aromatic rings. The molecule has 0 rings (SSSR count). The highest BCUT2D eigenvalue weighted by Crippen LogP contribution is 2.12. The van der Waals surface area contributed by atoms with Gasteiger partial charge < -0.3 is 5.11 Å². The van der Waals surface area contributed by atoms with Gasteiger partial charge in [0.05, 0.1) is 5.92 Å². The quantitative estimate of drug-likeness (QED) is 0.485. The summed E-state index contributed by atoms with van der Waals surface area (Å²) in [5, 5.41) is 8.41. The summed E-state index contributed by atoms with van der Waals surface area (Å²) < 4.78 is 0. The van der Waals surface area contributed by atoms with Crippen molar-refractivity contribution in [2.24, 2.45) is 5.92 Å². The first kappa shape index (κ1) is 13.3. The van der Waals surface area contributed by atoms with Gasteiger partial charge in [0.1, 0.15) is 0 Å². The summed E-state index contributed by atoms with van der Waals surface area (Å²) in [6, 6.07) is 0. The van der Waals surface area contributed by atoms with E-state index in [1.54, 1.807) is 0 Å². The number of ketones is 2. The highest BCUT2D eigenvalue weighted by molar-refractivity contribution is 6.10. The van der Waals surface area contributed by atoms with Crippen LogP contribution in [0.25, 0.3) is 0 Å². The first-order valence-corrected chi connectivity index (χ1v) is 4.57. The maximum absolute atomic E-state index is 11.3. The van der Waals surface area contributed by atoms with Crippen LogP contribution in [0.1, 0.15) is 19.3 Å². The predicted molar refractivity (Wildman–Crippen MR) is 55.4 cm³/mol. The van der Waals surface area contributed by atoms with Gasteiger partial charge >= 0.3 is 5.97 Å². The highest BCUT2D eigenvalue weighted by Gasteiger charge is 2.21. The van der Waals surface area contributed by atoms with Gasteiger partial charge in [-0.15, -0.1) is 0 Å². The molecule has 0 aliphatic rings. The average molecular weight is 210 g/mol. The number of allylic oxidation sites excluding steroid dienone is 2. The molecule has 0 saturated carbocycles. The number of carbonyl (C=O) groups excluding carboxylic acids is 2. The molecule has 0 radical (unpaired) electrons. The Morgan fingerprint density at radius 1 is 1.13 bits per heavy atom. The van der Waals surface area contributed by atoms with Gasteiger partial charge in [-0.05, 0) is 25.0 Å². The molecule has 0 unspecified atom stereocenters. The second kappa shape index (κ2) is 6.70. The van der Waals surface area contributed by atoms with Crippen molar-refractivity contribution >= 4 is 17.5 Å². The van der Waals surface area contributed by atoms with E-state index >= 15 is 0 Å². The Hall–Kier alpha value is -1.71. The molecule has 1 N–H and O–H groups in total. The second-order valence-corrected chi connectivity index (χ2v) is 3.05. The van der Waals surface area contributed by atoms with E-state index in [1.807, 2.05) is 0 Å². The minimum Gasteiger partial charge on any atom is -0.481 e. The highest BCUT2D eigenvalue weighted by atomic mass is 16.4. The van der Waals surface area contributed by atoms with E-state index < -0.39 is 11.9 Å². The van der Waals surface area contributed by atoms with Crippen molar-refractivity contribution in [3.8, 4) is 0 Å². The molecule has 0 heterocycles. The number of carboxylic acid groups (broad SMARTS) is 1. The average Bonchev–Trinajstić information content (AvgIpc) is 2.22. The zero-order valence-electron chi connectivity index (χ0n) is 8.44. The minimum atomic E-state index is -0.939. The lowest BCUT2D eigenvalue weighted by Crippen LogP contribution is -2.21. The molecule has 0 atom stereocenters. The van der Waals surface area contributed by atoms with Crippen molar-refractivity contribution in [1.29, 1.82) is 0 Å². The molecular formula is C11H14O4. The van der Waals surface area contributed by atoms with E-state index in [0.29, 0.717) is 6.42 Å². The number of rotatable bonds is 8. The topological polar surface area (TPSA) is 71.4 Å². The van der Waals surface area contributed by atoms with Crippen molar-refractivity contribution in [3.05, 3.63) is 25.3 Å². The molecule has 0 aromatic carbocycles. The van der Waals surface area contributed by atoms with Crippen LogP contribution in [0.3, 0.4) is 0 Å². The van der Waals surface area contributed by atoms with Crippen LogP contribution >= 0.6 is 0 Å². The Morgan fingerprint density at radius 2 is 1.60 bits per heavy atom. The molecule has 0 aliphatic carbocycles. The van der Waals surface area contributed by atoms with Gasteiger partial charge in [0.15, 0.2) is 11.6 Å². The summed E-state index contributed by atoms with van der Waals surface area (Å²) in [6.07, 6.45) is 2.62. The van der Waals surface area contributed by atoms with Crippen LogP contribution in [-0.2, 0) is 14.4 Å². The third-order valence-electron chi connectivity index (χ3n) is 1.97. The van der Waals surface area contributed by atoms with E-state index in [0.717, 1.165) is 12.2 Å². The fourth-order valence-corrected chi connectivity index (χ4v) is 1.17. The molecule has 4 heteroatoms. The molecule has 0 aliphatic heterocycles. The van der Waals surface area contributed by atoms with Gasteiger partial charge in [0.2, 0.25) is 0 Å². The molecule has 0 bridgehead atoms. The van der Waals surface area contributed by atoms with E-state index in [2.05, 4.69) is 13.2 Å². The van der Waals surface area contributed by atoms with Crippen LogP contribution in [0.4, 0.5) is 0 Å². The zero-order chi connectivity index (χ0) is 11.8. The second-order valence-electron chi connectivity index (χ2n) is 3.05. The molecule has 0 aromatic heterocycles. The third-order valence-corrected chi connectivity index (χ3v) is 1.97. The fourth-order valence-electron chi connectivity index (χ4n) is 1.17. The van der Waals surface area contributed by atoms with Gasteiger partial charge in [-0.2, -0.15) is 0 Å². The number of carbonyl (C=O) groups is 3. The minimum absolute atomic E-state index is 0.0503. The summed E-state index contributed by atoms with van der Waals surface area (Å²) in [4.78, 5) is 32.8. The smallest absolute Gasteiger partial charge is 0.303 e. The van der Waals surface area contributed by atoms with E-state index in [9.17, 15) is 14.4 Å². The zero-order valence-corrected chi connectivity index (χ0v) is 8.44. The van der Waals surface area contributed by atoms with Crippen LogP contribution in [0, 0.1) is 5.92 Å². The van der Waals surface area contributed by atoms with E-state index in [1.165, 1.54) is 0 Å². The van der Waals surface area contributed by atoms with Crippen LogP contribution in [0.2, 0.25) is 0 Å². The first-order valence-electron chi connectivity index (χ1n) is 4.57. The Kier molecular flexibility index (Phi) is 5.94. The van der Waals surface area contributed by atoms with Crippen LogP contribution in [0.5, 0.6) is 0 Å². The lowest BCUT2D eigenvalue weighted by molar-refractivity contribution is -0.137. The first-order chi connectivity index (χ1) is 7.02. The molecule has 15 heavy (non-hydrogen) atoms. The standard InChI is InChI=1S/C11H14O4/c1-3-9(12)8(10(13)4-2)6-5-7-11(14)15/h3-4,8H,1-2,5-7H2,(H,14,15). The normalized spacial score (nSPS) is 9.67. The van der Waals surface area contributed by atoms with Gasteiger partial charge in [0.25, 0.3) is 0 Å². The molecule has 0 fully saturated rings. The Morgan fingerprint density at radius 3 is 1.93 bits per heavy atom. The van der Waals surface area contributed by atoms with Crippen molar-refractivity contribution in [3.63, 3.8) is 0 Å². The molecule has 4 nitrogen and oxygen atoms in total. The van der Waals surface area contributed by atoms with Gasteiger partial charge in [-0.1, -0.05) is 13.2 Å². The lowest BCUT2D eigenvalue weighted by Gasteiger charge is -2.08. The lowest BCUT2D eigenvalue weighted by atomic mass is 9.93. The van der Waals surface area contributed by atoms with E-state index in [4.69, 9.17) is 5.11 Å². The molecule has 0 saturated heterocycles.